The predicted octanol–water partition coefficient (Wildman–Crippen LogP) is 2.63. The molecule has 2 aromatic rings. The summed E-state index contributed by atoms with van der Waals surface area (Å²) >= 11 is 1.12. The summed E-state index contributed by atoms with van der Waals surface area (Å²) in [5, 5.41) is 4.32. The minimum atomic E-state index is -0.543. The van der Waals surface area contributed by atoms with Crippen LogP contribution in [-0.2, 0) is 0 Å². The number of hydrogen-bond acceptors (Lipinski definition) is 5. The number of amides is 1. The summed E-state index contributed by atoms with van der Waals surface area (Å²) in [6.07, 6.45) is 0. The van der Waals surface area contributed by atoms with E-state index in [1.807, 2.05) is 0 Å². The third-order valence-corrected chi connectivity index (χ3v) is 3.49. The molecule has 0 spiro atoms. The quantitative estimate of drug-likeness (QED) is 0.673. The monoisotopic (exact) mass is 293 g/mol. The lowest BCUT2D eigenvalue weighted by atomic mass is 10.1. The number of carbonyl (C=O) groups excluding carboxylic acids is 2. The van der Waals surface area contributed by atoms with Crippen LogP contribution in [0.25, 0.3) is 0 Å². The number of anilines is 2. The number of thiazole rings is 1. The van der Waals surface area contributed by atoms with Crippen LogP contribution in [0.2, 0.25) is 0 Å². The number of hydrogen-bond donors (Lipinski definition) is 2. The van der Waals surface area contributed by atoms with E-state index in [-0.39, 0.29) is 27.9 Å². The van der Waals surface area contributed by atoms with Crippen LogP contribution in [-0.4, -0.2) is 16.7 Å². The van der Waals surface area contributed by atoms with E-state index >= 15 is 0 Å². The van der Waals surface area contributed by atoms with Gasteiger partial charge in [-0.3, -0.25) is 14.9 Å². The minimum Gasteiger partial charge on any atom is -0.398 e. The lowest BCUT2D eigenvalue weighted by Crippen LogP contribution is -2.13. The molecule has 1 aromatic carbocycles. The molecule has 0 aliphatic carbocycles. The van der Waals surface area contributed by atoms with Gasteiger partial charge in [-0.25, -0.2) is 9.37 Å². The van der Waals surface area contributed by atoms with Gasteiger partial charge in [0.15, 0.2) is 10.9 Å². The lowest BCUT2D eigenvalue weighted by Gasteiger charge is -2.06. The SMILES string of the molecule is CC(=O)c1csc(NC(=O)c2cc(N)c(C)c(F)c2)n1. The van der Waals surface area contributed by atoms with Gasteiger partial charge in [0.2, 0.25) is 0 Å². The molecule has 0 atom stereocenters. The maximum Gasteiger partial charge on any atom is 0.257 e. The van der Waals surface area contributed by atoms with Crippen LogP contribution in [0.1, 0.15) is 33.3 Å². The molecule has 0 unspecified atom stereocenters. The highest BCUT2D eigenvalue weighted by Gasteiger charge is 2.13. The van der Waals surface area contributed by atoms with Gasteiger partial charge in [-0.2, -0.15) is 0 Å². The molecule has 1 amide bonds. The molecular formula is C13H12FN3O2S. The van der Waals surface area contributed by atoms with E-state index in [0.29, 0.717) is 5.56 Å². The van der Waals surface area contributed by atoms with Gasteiger partial charge >= 0.3 is 0 Å². The molecule has 0 saturated carbocycles. The van der Waals surface area contributed by atoms with Crippen molar-refractivity contribution in [3.05, 3.63) is 40.2 Å². The summed E-state index contributed by atoms with van der Waals surface area (Å²) in [6, 6.07) is 2.51. The predicted molar refractivity (Wildman–Crippen MR) is 75.6 cm³/mol. The second-order valence-corrected chi connectivity index (χ2v) is 5.08. The fourth-order valence-corrected chi connectivity index (χ4v) is 2.24. The van der Waals surface area contributed by atoms with Crippen molar-refractivity contribution in [2.75, 3.05) is 11.1 Å². The van der Waals surface area contributed by atoms with Crippen molar-refractivity contribution in [1.29, 1.82) is 0 Å². The van der Waals surface area contributed by atoms with Crippen molar-refractivity contribution < 1.29 is 14.0 Å². The minimum absolute atomic E-state index is 0.102. The van der Waals surface area contributed by atoms with E-state index in [0.717, 1.165) is 17.4 Å². The maximum absolute atomic E-state index is 13.5. The van der Waals surface area contributed by atoms with E-state index in [1.165, 1.54) is 19.9 Å². The van der Waals surface area contributed by atoms with Gasteiger partial charge in [0.1, 0.15) is 11.5 Å². The number of ketones is 1. The molecule has 0 aliphatic rings. The topological polar surface area (TPSA) is 85.1 Å². The first-order valence-electron chi connectivity index (χ1n) is 5.72. The molecule has 3 N–H and O–H groups in total. The van der Waals surface area contributed by atoms with E-state index in [9.17, 15) is 14.0 Å². The normalized spacial score (nSPS) is 10.3. The first kappa shape index (κ1) is 14.1. The van der Waals surface area contributed by atoms with Gasteiger partial charge in [-0.05, 0) is 19.1 Å². The zero-order chi connectivity index (χ0) is 14.9. The first-order chi connectivity index (χ1) is 9.38. The van der Waals surface area contributed by atoms with Crippen molar-refractivity contribution in [1.82, 2.24) is 4.98 Å². The summed E-state index contributed by atoms with van der Waals surface area (Å²) in [4.78, 5) is 27.0. The number of nitrogens with zero attached hydrogens (tertiary/aromatic N) is 1. The molecule has 2 rings (SSSR count). The van der Waals surface area contributed by atoms with Crippen LogP contribution in [0.15, 0.2) is 17.5 Å². The molecule has 20 heavy (non-hydrogen) atoms. The molecule has 0 radical (unpaired) electrons. The number of aromatic nitrogens is 1. The van der Waals surface area contributed by atoms with Crippen molar-refractivity contribution in [2.45, 2.75) is 13.8 Å². The fourth-order valence-electron chi connectivity index (χ4n) is 1.49. The Morgan fingerprint density at radius 2 is 2.10 bits per heavy atom. The number of nitrogen functional groups attached to an aromatic ring is 1. The molecule has 104 valence electrons. The standard InChI is InChI=1S/C13H12FN3O2S/c1-6-9(14)3-8(4-10(6)15)12(19)17-13-16-11(5-20-13)7(2)18/h3-5H,15H2,1-2H3,(H,16,17,19). The molecule has 1 heterocycles. The lowest BCUT2D eigenvalue weighted by molar-refractivity contribution is 0.100. The number of Topliss-reactive ketones (excluding diaryl/α,β-unsaturated/α-hetero) is 1. The van der Waals surface area contributed by atoms with Crippen LogP contribution < -0.4 is 11.1 Å². The Morgan fingerprint density at radius 1 is 1.40 bits per heavy atom. The van der Waals surface area contributed by atoms with Crippen LogP contribution in [0, 0.1) is 12.7 Å². The van der Waals surface area contributed by atoms with Crippen LogP contribution >= 0.6 is 11.3 Å². The zero-order valence-corrected chi connectivity index (χ0v) is 11.7. The number of halogens is 1. The summed E-state index contributed by atoms with van der Waals surface area (Å²) in [6.45, 7) is 2.92. The third kappa shape index (κ3) is 2.83. The molecule has 0 fully saturated rings. The number of carbonyl (C=O) groups is 2. The average Bonchev–Trinajstić information content (AvgIpc) is 2.84. The van der Waals surface area contributed by atoms with E-state index in [4.69, 9.17) is 5.73 Å². The average molecular weight is 293 g/mol. The van der Waals surface area contributed by atoms with Gasteiger partial charge in [0.25, 0.3) is 5.91 Å². The summed E-state index contributed by atoms with van der Waals surface area (Å²) in [5.41, 5.74) is 6.51. The number of nitrogens with two attached hydrogens (primary N) is 1. The highest BCUT2D eigenvalue weighted by atomic mass is 32.1. The number of rotatable bonds is 3. The smallest absolute Gasteiger partial charge is 0.257 e. The van der Waals surface area contributed by atoms with Gasteiger partial charge < -0.3 is 5.73 Å². The Kier molecular flexibility index (Phi) is 3.80. The van der Waals surface area contributed by atoms with Crippen LogP contribution in [0.3, 0.4) is 0 Å². The summed E-state index contributed by atoms with van der Waals surface area (Å²) in [7, 11) is 0. The Morgan fingerprint density at radius 3 is 2.65 bits per heavy atom. The zero-order valence-electron chi connectivity index (χ0n) is 10.9. The third-order valence-electron chi connectivity index (χ3n) is 2.73. The summed E-state index contributed by atoms with van der Waals surface area (Å²) in [5.74, 6) is -1.26. The fraction of sp³-hybridized carbons (Fsp3) is 0.154. The number of benzene rings is 1. The largest absolute Gasteiger partial charge is 0.398 e. The van der Waals surface area contributed by atoms with E-state index in [1.54, 1.807) is 5.38 Å². The van der Waals surface area contributed by atoms with Gasteiger partial charge in [0.05, 0.1) is 0 Å². The van der Waals surface area contributed by atoms with E-state index < -0.39 is 11.7 Å². The molecule has 0 saturated heterocycles. The van der Waals surface area contributed by atoms with E-state index in [2.05, 4.69) is 10.3 Å². The number of nitrogens with one attached hydrogen (secondary N) is 1. The Labute approximate surface area is 118 Å². The molecule has 0 bridgehead atoms. The van der Waals surface area contributed by atoms with Crippen molar-refractivity contribution in [3.63, 3.8) is 0 Å². The molecule has 0 aliphatic heterocycles. The van der Waals surface area contributed by atoms with Gasteiger partial charge in [-0.1, -0.05) is 0 Å². The summed E-state index contributed by atoms with van der Waals surface area (Å²) < 4.78 is 13.5. The highest BCUT2D eigenvalue weighted by molar-refractivity contribution is 7.14. The molecule has 1 aromatic heterocycles. The van der Waals surface area contributed by atoms with Gasteiger partial charge in [0, 0.05) is 29.1 Å². The van der Waals surface area contributed by atoms with Crippen LogP contribution in [0.5, 0.6) is 0 Å². The van der Waals surface area contributed by atoms with Crippen molar-refractivity contribution in [2.24, 2.45) is 0 Å². The molecular weight excluding hydrogens is 281 g/mol. The second-order valence-electron chi connectivity index (χ2n) is 4.22. The van der Waals surface area contributed by atoms with Gasteiger partial charge in [-0.15, -0.1) is 11.3 Å². The van der Waals surface area contributed by atoms with Crippen molar-refractivity contribution >= 4 is 33.8 Å². The Bertz CT molecular complexity index is 674. The van der Waals surface area contributed by atoms with Crippen molar-refractivity contribution in [3.8, 4) is 0 Å². The molecule has 5 nitrogen and oxygen atoms in total. The maximum atomic E-state index is 13.5. The van der Waals surface area contributed by atoms with Crippen LogP contribution in [0.4, 0.5) is 15.2 Å². The Balaban J connectivity index is 2.21. The second kappa shape index (κ2) is 5.38. The Hall–Kier alpha value is -2.28. The highest BCUT2D eigenvalue weighted by Crippen LogP contribution is 2.20. The molecule has 7 heteroatoms. The first-order valence-corrected chi connectivity index (χ1v) is 6.60.